The highest BCUT2D eigenvalue weighted by Crippen LogP contribution is 2.43. The lowest BCUT2D eigenvalue weighted by molar-refractivity contribution is 0.660. The molecule has 4 heterocycles. The summed E-state index contributed by atoms with van der Waals surface area (Å²) in [5.74, 6) is 1.31. The molecule has 1 aliphatic heterocycles. The number of amidine groups is 2. The van der Waals surface area contributed by atoms with Crippen LogP contribution in [0.2, 0.25) is 0 Å². The predicted molar refractivity (Wildman–Crippen MR) is 260 cm³/mol. The molecule has 0 bridgehead atoms. The maximum atomic E-state index is 6.98. The van der Waals surface area contributed by atoms with Gasteiger partial charge in [-0.1, -0.05) is 133 Å². The standard InChI is InChI=1S/C57H34N4O2/c1-2-13-35-29-38(22-21-33(35)11-1)55-58-56(39-24-28-51-44(31-39)42-18-8-9-19-49(42)62-51)60-57(59-55)53-47(27-25-43-41-17-7-10-20-50(41)63-54(43)53)61-46-26-23-34-12-5-6-16-40(34)52(46)45-30-36-14-3-4-15-37(36)32-48(45)61/h1-32,56H,(H,58,59,60). The Morgan fingerprint density at radius 2 is 1.10 bits per heavy atom. The minimum atomic E-state index is -0.490. The van der Waals surface area contributed by atoms with Gasteiger partial charge < -0.3 is 18.7 Å². The monoisotopic (exact) mass is 806 g/mol. The molecule has 1 N–H and O–H groups in total. The number of nitrogens with zero attached hydrogens (tertiary/aromatic N) is 3. The number of para-hydroxylation sites is 2. The molecular formula is C57H34N4O2. The van der Waals surface area contributed by atoms with Crippen LogP contribution in [-0.2, 0) is 0 Å². The van der Waals surface area contributed by atoms with Gasteiger partial charge in [0.15, 0.2) is 5.84 Å². The first-order valence-corrected chi connectivity index (χ1v) is 21.3. The van der Waals surface area contributed by atoms with Crippen LogP contribution < -0.4 is 5.32 Å². The molecule has 63 heavy (non-hydrogen) atoms. The number of aromatic nitrogens is 1. The van der Waals surface area contributed by atoms with Crippen molar-refractivity contribution in [2.75, 3.05) is 0 Å². The molecule has 6 nitrogen and oxygen atoms in total. The van der Waals surface area contributed by atoms with E-state index in [2.05, 4.69) is 180 Å². The lowest BCUT2D eigenvalue weighted by Gasteiger charge is -2.25. The quantitative estimate of drug-likeness (QED) is 0.193. The second kappa shape index (κ2) is 13.0. The summed E-state index contributed by atoms with van der Waals surface area (Å²) in [5.41, 5.74) is 9.15. The molecular weight excluding hydrogens is 773 g/mol. The first kappa shape index (κ1) is 34.3. The van der Waals surface area contributed by atoms with Crippen LogP contribution in [0.3, 0.4) is 0 Å². The topological polar surface area (TPSA) is 68.0 Å². The van der Waals surface area contributed by atoms with E-state index in [9.17, 15) is 0 Å². The van der Waals surface area contributed by atoms with Crippen molar-refractivity contribution in [3.05, 3.63) is 211 Å². The Balaban J connectivity index is 1.09. The molecule has 0 aliphatic carbocycles. The van der Waals surface area contributed by atoms with Gasteiger partial charge in [-0.25, -0.2) is 9.98 Å². The lowest BCUT2D eigenvalue weighted by atomic mass is 10.0. The molecule has 1 aliphatic rings. The fourth-order valence-corrected chi connectivity index (χ4v) is 10.0. The third-order valence-corrected chi connectivity index (χ3v) is 13.0. The van der Waals surface area contributed by atoms with Gasteiger partial charge in [-0.05, 0) is 98.5 Å². The van der Waals surface area contributed by atoms with Crippen molar-refractivity contribution >= 4 is 110 Å². The summed E-state index contributed by atoms with van der Waals surface area (Å²) in [6.45, 7) is 0. The van der Waals surface area contributed by atoms with Crippen molar-refractivity contribution in [3.8, 4) is 5.69 Å². The van der Waals surface area contributed by atoms with E-state index < -0.39 is 6.17 Å². The molecule has 0 radical (unpaired) electrons. The van der Waals surface area contributed by atoms with Gasteiger partial charge in [0.1, 0.15) is 34.3 Å². The van der Waals surface area contributed by atoms with Gasteiger partial charge in [-0.3, -0.25) is 0 Å². The summed E-state index contributed by atoms with van der Waals surface area (Å²) in [5, 5.41) is 17.4. The Morgan fingerprint density at radius 1 is 0.444 bits per heavy atom. The smallest absolute Gasteiger partial charge is 0.165 e. The lowest BCUT2D eigenvalue weighted by Crippen LogP contribution is -2.33. The summed E-state index contributed by atoms with van der Waals surface area (Å²) in [4.78, 5) is 11.1. The molecule has 10 aromatic carbocycles. The van der Waals surface area contributed by atoms with Crippen molar-refractivity contribution in [2.45, 2.75) is 6.17 Å². The normalized spacial score (nSPS) is 14.5. The van der Waals surface area contributed by atoms with Crippen molar-refractivity contribution in [3.63, 3.8) is 0 Å². The molecule has 0 amide bonds. The minimum Gasteiger partial charge on any atom is -0.456 e. The van der Waals surface area contributed by atoms with Crippen molar-refractivity contribution in [1.82, 2.24) is 9.88 Å². The first-order chi connectivity index (χ1) is 31.2. The van der Waals surface area contributed by atoms with E-state index in [0.717, 1.165) is 88.5 Å². The highest BCUT2D eigenvalue weighted by molar-refractivity contribution is 6.26. The van der Waals surface area contributed by atoms with E-state index in [4.69, 9.17) is 18.8 Å². The molecule has 0 spiro atoms. The molecule has 1 atom stereocenters. The van der Waals surface area contributed by atoms with E-state index >= 15 is 0 Å². The maximum Gasteiger partial charge on any atom is 0.165 e. The van der Waals surface area contributed by atoms with Crippen molar-refractivity contribution in [1.29, 1.82) is 0 Å². The Morgan fingerprint density at radius 3 is 1.92 bits per heavy atom. The maximum absolute atomic E-state index is 6.98. The third-order valence-electron chi connectivity index (χ3n) is 13.0. The molecule has 294 valence electrons. The van der Waals surface area contributed by atoms with E-state index in [0.29, 0.717) is 5.84 Å². The van der Waals surface area contributed by atoms with Gasteiger partial charge in [0, 0.05) is 37.9 Å². The molecule has 0 saturated carbocycles. The van der Waals surface area contributed by atoms with Gasteiger partial charge in [0.05, 0.1) is 22.3 Å². The molecule has 6 heteroatoms. The van der Waals surface area contributed by atoms with Gasteiger partial charge in [-0.15, -0.1) is 0 Å². The van der Waals surface area contributed by atoms with Crippen LogP contribution in [0.15, 0.2) is 213 Å². The van der Waals surface area contributed by atoms with E-state index in [1.54, 1.807) is 0 Å². The average Bonchev–Trinajstić information content (AvgIpc) is 4.02. The second-order valence-electron chi connectivity index (χ2n) is 16.5. The Kier molecular flexibility index (Phi) is 7.07. The highest BCUT2D eigenvalue weighted by atomic mass is 16.3. The number of hydrogen-bond acceptors (Lipinski definition) is 5. The van der Waals surface area contributed by atoms with Gasteiger partial charge >= 0.3 is 0 Å². The van der Waals surface area contributed by atoms with Gasteiger partial charge in [0.25, 0.3) is 0 Å². The van der Waals surface area contributed by atoms with Crippen molar-refractivity contribution < 1.29 is 8.83 Å². The number of benzene rings is 10. The largest absolute Gasteiger partial charge is 0.456 e. The Labute approximate surface area is 359 Å². The zero-order chi connectivity index (χ0) is 41.2. The summed E-state index contributed by atoms with van der Waals surface area (Å²) in [6.07, 6.45) is -0.490. The van der Waals surface area contributed by atoms with Crippen LogP contribution in [0.4, 0.5) is 0 Å². The van der Waals surface area contributed by atoms with Crippen LogP contribution in [0.25, 0.3) is 104 Å². The average molecular weight is 807 g/mol. The SMILES string of the molecule is c1ccc2cc(C3=NC(c4c(-n5c6cc7ccccc7cc6c6c7ccccc7ccc65)ccc5c4oc4ccccc45)=NC(c4ccc5oc6ccccc6c5c4)N3)ccc2c1. The van der Waals surface area contributed by atoms with Crippen LogP contribution in [-0.4, -0.2) is 16.2 Å². The van der Waals surface area contributed by atoms with E-state index in [1.807, 2.05) is 24.3 Å². The fourth-order valence-electron chi connectivity index (χ4n) is 10.0. The number of fused-ring (bicyclic) bond motifs is 13. The molecule has 3 aromatic heterocycles. The minimum absolute atomic E-state index is 0.490. The zero-order valence-electron chi connectivity index (χ0n) is 33.7. The first-order valence-electron chi connectivity index (χ1n) is 21.3. The van der Waals surface area contributed by atoms with E-state index in [1.165, 1.54) is 37.7 Å². The number of aliphatic imine (C=N–C) groups is 2. The van der Waals surface area contributed by atoms with Crippen molar-refractivity contribution in [2.24, 2.45) is 9.98 Å². The van der Waals surface area contributed by atoms with Crippen LogP contribution in [0.5, 0.6) is 0 Å². The Hall–Kier alpha value is -8.48. The van der Waals surface area contributed by atoms with Crippen LogP contribution in [0.1, 0.15) is 22.9 Å². The molecule has 1 unspecified atom stereocenters. The summed E-state index contributed by atoms with van der Waals surface area (Å²) in [6, 6.07) is 68.7. The third kappa shape index (κ3) is 5.12. The molecule has 14 rings (SSSR count). The highest BCUT2D eigenvalue weighted by Gasteiger charge is 2.29. The summed E-state index contributed by atoms with van der Waals surface area (Å²) < 4.78 is 15.7. The second-order valence-corrected chi connectivity index (χ2v) is 16.5. The predicted octanol–water partition coefficient (Wildman–Crippen LogP) is 14.5. The number of hydrogen-bond donors (Lipinski definition) is 1. The van der Waals surface area contributed by atoms with Gasteiger partial charge in [-0.2, -0.15) is 0 Å². The van der Waals surface area contributed by atoms with Crippen LogP contribution in [0, 0.1) is 0 Å². The number of nitrogens with one attached hydrogen (secondary N) is 1. The summed E-state index contributed by atoms with van der Waals surface area (Å²) in [7, 11) is 0. The molecule has 0 saturated heterocycles. The van der Waals surface area contributed by atoms with E-state index in [-0.39, 0.29) is 0 Å². The fraction of sp³-hybridized carbons (Fsp3) is 0.0175. The Bertz CT molecular complexity index is 4150. The summed E-state index contributed by atoms with van der Waals surface area (Å²) >= 11 is 0. The zero-order valence-corrected chi connectivity index (χ0v) is 33.7. The number of furan rings is 2. The number of rotatable bonds is 4. The van der Waals surface area contributed by atoms with Gasteiger partial charge in [0.2, 0.25) is 0 Å². The van der Waals surface area contributed by atoms with Crippen LogP contribution >= 0.6 is 0 Å². The molecule has 13 aromatic rings. The molecule has 0 fully saturated rings.